The number of carbonyl (C=O) groups is 1. The molecule has 11 heteroatoms. The van der Waals surface area contributed by atoms with Crippen molar-refractivity contribution in [2.75, 3.05) is 37.6 Å². The molecule has 8 nitrogen and oxygen atoms in total. The molecule has 0 radical (unpaired) electrons. The van der Waals surface area contributed by atoms with Gasteiger partial charge in [0.1, 0.15) is 5.82 Å². The van der Waals surface area contributed by atoms with Crippen LogP contribution in [-0.2, 0) is 31.3 Å². The Morgan fingerprint density at radius 1 is 0.788 bits per heavy atom. The minimum atomic E-state index is -3.85. The van der Waals surface area contributed by atoms with Crippen molar-refractivity contribution < 1.29 is 26.0 Å². The Balaban J connectivity index is 1.54. The van der Waals surface area contributed by atoms with Crippen LogP contribution in [-0.4, -0.2) is 64.1 Å². The maximum absolute atomic E-state index is 13.3. The number of benzene rings is 2. The minimum absolute atomic E-state index is 0.00198. The molecule has 0 N–H and O–H groups in total. The second kappa shape index (κ2) is 9.13. The molecule has 2 aromatic rings. The highest BCUT2D eigenvalue weighted by atomic mass is 32.2. The Bertz CT molecular complexity index is 1260. The summed E-state index contributed by atoms with van der Waals surface area (Å²) in [6.07, 6.45) is 1.78. The van der Waals surface area contributed by atoms with Gasteiger partial charge in [-0.1, -0.05) is 0 Å². The highest BCUT2D eigenvalue weighted by Crippen LogP contribution is 2.31. The van der Waals surface area contributed by atoms with Gasteiger partial charge in [0.05, 0.1) is 9.79 Å². The van der Waals surface area contributed by atoms with Gasteiger partial charge in [-0.05, 0) is 67.3 Å². The topological polar surface area (TPSA) is 95.1 Å². The van der Waals surface area contributed by atoms with Crippen LogP contribution in [0.5, 0.6) is 0 Å². The van der Waals surface area contributed by atoms with Crippen LogP contribution in [0.1, 0.15) is 25.3 Å². The Kier molecular flexibility index (Phi) is 6.59. The summed E-state index contributed by atoms with van der Waals surface area (Å²) in [5.74, 6) is -0.611. The van der Waals surface area contributed by atoms with E-state index in [0.717, 1.165) is 29.8 Å². The smallest absolute Gasteiger partial charge is 0.243 e. The molecular formula is C22H26FN3O5S2. The number of hydrogen-bond donors (Lipinski definition) is 0. The van der Waals surface area contributed by atoms with Crippen molar-refractivity contribution in [3.05, 3.63) is 53.8 Å². The Morgan fingerprint density at radius 2 is 1.36 bits per heavy atom. The van der Waals surface area contributed by atoms with Gasteiger partial charge < -0.3 is 4.90 Å². The Labute approximate surface area is 193 Å². The molecule has 178 valence electrons. The number of rotatable bonds is 4. The van der Waals surface area contributed by atoms with Gasteiger partial charge in [-0.15, -0.1) is 0 Å². The van der Waals surface area contributed by atoms with Gasteiger partial charge >= 0.3 is 0 Å². The molecule has 1 fully saturated rings. The van der Waals surface area contributed by atoms with Crippen molar-refractivity contribution in [1.82, 2.24) is 8.61 Å². The number of hydrogen-bond acceptors (Lipinski definition) is 5. The monoisotopic (exact) mass is 495 g/mol. The van der Waals surface area contributed by atoms with Crippen LogP contribution in [0.3, 0.4) is 0 Å². The zero-order valence-electron chi connectivity index (χ0n) is 18.3. The molecule has 0 bridgehead atoms. The predicted molar refractivity (Wildman–Crippen MR) is 121 cm³/mol. The van der Waals surface area contributed by atoms with Gasteiger partial charge in [0.15, 0.2) is 0 Å². The van der Waals surface area contributed by atoms with Crippen LogP contribution in [0.25, 0.3) is 0 Å². The van der Waals surface area contributed by atoms with Crippen molar-refractivity contribution in [2.24, 2.45) is 0 Å². The molecule has 0 spiro atoms. The van der Waals surface area contributed by atoms with Crippen LogP contribution in [0.15, 0.2) is 52.3 Å². The van der Waals surface area contributed by atoms with Crippen LogP contribution in [0, 0.1) is 5.82 Å². The van der Waals surface area contributed by atoms with Crippen LogP contribution in [0.2, 0.25) is 0 Å². The lowest BCUT2D eigenvalue weighted by Gasteiger charge is -2.29. The van der Waals surface area contributed by atoms with Gasteiger partial charge in [0.25, 0.3) is 0 Å². The Hall–Kier alpha value is -2.34. The second-order valence-electron chi connectivity index (χ2n) is 8.18. The normalized spacial score (nSPS) is 18.5. The fourth-order valence-corrected chi connectivity index (χ4v) is 7.31. The lowest BCUT2D eigenvalue weighted by molar-refractivity contribution is -0.116. The number of aryl methyl sites for hydroxylation is 1. The van der Waals surface area contributed by atoms with E-state index in [1.165, 1.54) is 33.7 Å². The van der Waals surface area contributed by atoms with Crippen LogP contribution in [0.4, 0.5) is 10.1 Å². The quantitative estimate of drug-likeness (QED) is 0.648. The van der Waals surface area contributed by atoms with Gasteiger partial charge in [-0.3, -0.25) is 4.79 Å². The predicted octanol–water partition coefficient (Wildman–Crippen LogP) is 2.21. The van der Waals surface area contributed by atoms with Gasteiger partial charge in [-0.25, -0.2) is 21.2 Å². The standard InChI is InChI=1S/C22H26FN3O5S2/c1-17(27)26-13-2-4-18-16-21(9-10-22(18)26)33(30,31)25-12-3-11-24(14-15-25)32(28,29)20-7-5-19(23)6-8-20/h5-10,16H,2-4,11-15H2,1H3. The summed E-state index contributed by atoms with van der Waals surface area (Å²) < 4.78 is 68.3. The molecule has 0 unspecified atom stereocenters. The summed E-state index contributed by atoms with van der Waals surface area (Å²) in [7, 11) is -7.69. The molecule has 0 saturated carbocycles. The third kappa shape index (κ3) is 4.68. The lowest BCUT2D eigenvalue weighted by Crippen LogP contribution is -2.37. The van der Waals surface area contributed by atoms with Gasteiger partial charge in [0.2, 0.25) is 26.0 Å². The highest BCUT2D eigenvalue weighted by Gasteiger charge is 2.32. The molecule has 0 atom stereocenters. The number of fused-ring (bicyclic) bond motifs is 1. The fraction of sp³-hybridized carbons (Fsp3) is 0.409. The average molecular weight is 496 g/mol. The van der Waals surface area contributed by atoms with Crippen molar-refractivity contribution in [3.63, 3.8) is 0 Å². The summed E-state index contributed by atoms with van der Waals surface area (Å²) in [6.45, 7) is 2.47. The van der Waals surface area contributed by atoms with E-state index < -0.39 is 25.9 Å². The molecule has 2 heterocycles. The van der Waals surface area contributed by atoms with Crippen molar-refractivity contribution >= 4 is 31.6 Å². The molecule has 1 amide bonds. The second-order valence-corrected chi connectivity index (χ2v) is 12.1. The Morgan fingerprint density at radius 3 is 1.97 bits per heavy atom. The maximum atomic E-state index is 13.3. The average Bonchev–Trinajstić information content (AvgIpc) is 3.06. The summed E-state index contributed by atoms with van der Waals surface area (Å²) >= 11 is 0. The SMILES string of the molecule is CC(=O)N1CCCc2cc(S(=O)(=O)N3CCCN(S(=O)(=O)c4ccc(F)cc4)CC3)ccc21. The van der Waals surface area contributed by atoms with Crippen molar-refractivity contribution in [2.45, 2.75) is 36.0 Å². The first-order chi connectivity index (χ1) is 15.6. The number of nitrogens with zero attached hydrogens (tertiary/aromatic N) is 3. The lowest BCUT2D eigenvalue weighted by atomic mass is 10.0. The van der Waals surface area contributed by atoms with E-state index in [4.69, 9.17) is 0 Å². The number of anilines is 1. The number of sulfonamides is 2. The zero-order valence-corrected chi connectivity index (χ0v) is 19.9. The molecule has 2 aromatic carbocycles. The zero-order chi connectivity index (χ0) is 23.8. The molecule has 0 aromatic heterocycles. The van der Waals surface area contributed by atoms with E-state index in [-0.39, 0.29) is 41.9 Å². The largest absolute Gasteiger partial charge is 0.312 e. The van der Waals surface area contributed by atoms with Crippen molar-refractivity contribution in [1.29, 1.82) is 0 Å². The summed E-state index contributed by atoms with van der Waals surface area (Å²) in [5, 5.41) is 0. The molecule has 2 aliphatic heterocycles. The summed E-state index contributed by atoms with van der Waals surface area (Å²) in [6, 6.07) is 9.40. The van der Waals surface area contributed by atoms with E-state index >= 15 is 0 Å². The van der Waals surface area contributed by atoms with E-state index in [0.29, 0.717) is 19.4 Å². The third-order valence-corrected chi connectivity index (χ3v) is 9.86. The minimum Gasteiger partial charge on any atom is -0.312 e. The first-order valence-corrected chi connectivity index (χ1v) is 13.7. The van der Waals surface area contributed by atoms with E-state index in [2.05, 4.69) is 0 Å². The molecule has 2 aliphatic rings. The van der Waals surface area contributed by atoms with Crippen LogP contribution >= 0.6 is 0 Å². The van der Waals surface area contributed by atoms with Gasteiger partial charge in [-0.2, -0.15) is 8.61 Å². The molecule has 4 rings (SSSR count). The van der Waals surface area contributed by atoms with Crippen molar-refractivity contribution in [3.8, 4) is 0 Å². The molecular weight excluding hydrogens is 469 g/mol. The summed E-state index contributed by atoms with van der Waals surface area (Å²) in [4.78, 5) is 13.7. The van der Waals surface area contributed by atoms with E-state index in [9.17, 15) is 26.0 Å². The van der Waals surface area contributed by atoms with Crippen LogP contribution < -0.4 is 4.90 Å². The molecule has 1 saturated heterocycles. The maximum Gasteiger partial charge on any atom is 0.243 e. The molecule has 0 aliphatic carbocycles. The number of halogens is 1. The van der Waals surface area contributed by atoms with Gasteiger partial charge in [0, 0.05) is 45.3 Å². The third-order valence-electron chi connectivity index (χ3n) is 6.05. The van der Waals surface area contributed by atoms with E-state index in [1.54, 1.807) is 17.0 Å². The van der Waals surface area contributed by atoms with E-state index in [1.807, 2.05) is 0 Å². The number of carbonyl (C=O) groups excluding carboxylic acids is 1. The highest BCUT2D eigenvalue weighted by molar-refractivity contribution is 7.89. The summed E-state index contributed by atoms with van der Waals surface area (Å²) in [5.41, 5.74) is 1.55. The number of amides is 1. The molecule has 33 heavy (non-hydrogen) atoms. The first-order valence-electron chi connectivity index (χ1n) is 10.8. The first kappa shape index (κ1) is 23.8. The fourth-order valence-electron chi connectivity index (χ4n) is 4.32.